The normalized spacial score (nSPS) is 15.8. The molecule has 1 aliphatic heterocycles. The molecule has 0 spiro atoms. The first-order chi connectivity index (χ1) is 12.4. The van der Waals surface area contributed by atoms with Crippen LogP contribution in [0.3, 0.4) is 0 Å². The van der Waals surface area contributed by atoms with Crippen LogP contribution in [0.15, 0.2) is 53.4 Å². The Kier molecular flexibility index (Phi) is 5.65. The van der Waals surface area contributed by atoms with Crippen LogP contribution >= 0.6 is 11.6 Å². The molecule has 1 fully saturated rings. The van der Waals surface area contributed by atoms with Crippen molar-refractivity contribution in [3.05, 3.63) is 64.7 Å². The maximum absolute atomic E-state index is 12.8. The monoisotopic (exact) mass is 392 g/mol. The SMILES string of the molecule is CCc1ccc(S(=O)(=O)N2CCN(C(=O)c3ccc(Cl)cc3)CC2)cc1. The van der Waals surface area contributed by atoms with Crippen LogP contribution in [-0.2, 0) is 16.4 Å². The summed E-state index contributed by atoms with van der Waals surface area (Å²) in [6.45, 7) is 3.34. The van der Waals surface area contributed by atoms with Crippen molar-refractivity contribution in [3.63, 3.8) is 0 Å². The Bertz CT molecular complexity index is 872. The van der Waals surface area contributed by atoms with Crippen molar-refractivity contribution >= 4 is 27.5 Å². The molecule has 1 amide bonds. The van der Waals surface area contributed by atoms with Crippen molar-refractivity contribution in [1.82, 2.24) is 9.21 Å². The summed E-state index contributed by atoms with van der Waals surface area (Å²) in [6.07, 6.45) is 0.867. The lowest BCUT2D eigenvalue weighted by Crippen LogP contribution is -2.50. The maximum atomic E-state index is 12.8. The quantitative estimate of drug-likeness (QED) is 0.803. The molecule has 26 heavy (non-hydrogen) atoms. The number of nitrogens with zero attached hydrogens (tertiary/aromatic N) is 2. The summed E-state index contributed by atoms with van der Waals surface area (Å²) in [7, 11) is -3.53. The van der Waals surface area contributed by atoms with E-state index in [1.54, 1.807) is 41.3 Å². The molecule has 0 bridgehead atoms. The number of carbonyl (C=O) groups is 1. The van der Waals surface area contributed by atoms with Crippen molar-refractivity contribution in [2.24, 2.45) is 0 Å². The van der Waals surface area contributed by atoms with Gasteiger partial charge in [0.25, 0.3) is 5.91 Å². The van der Waals surface area contributed by atoms with Gasteiger partial charge in [0.05, 0.1) is 4.90 Å². The fraction of sp³-hybridized carbons (Fsp3) is 0.316. The fourth-order valence-corrected chi connectivity index (χ4v) is 4.50. The Morgan fingerprint density at radius 3 is 2.08 bits per heavy atom. The lowest BCUT2D eigenvalue weighted by Gasteiger charge is -2.34. The first kappa shape index (κ1) is 18.9. The smallest absolute Gasteiger partial charge is 0.253 e. The van der Waals surface area contributed by atoms with Crippen LogP contribution in [0.1, 0.15) is 22.8 Å². The van der Waals surface area contributed by atoms with Gasteiger partial charge in [0, 0.05) is 36.8 Å². The summed E-state index contributed by atoms with van der Waals surface area (Å²) in [5, 5.41) is 0.576. The highest BCUT2D eigenvalue weighted by molar-refractivity contribution is 7.89. The number of benzene rings is 2. The van der Waals surface area contributed by atoms with Crippen LogP contribution in [0, 0.1) is 0 Å². The number of sulfonamides is 1. The zero-order chi connectivity index (χ0) is 18.7. The molecule has 2 aromatic carbocycles. The molecular weight excluding hydrogens is 372 g/mol. The average Bonchev–Trinajstić information content (AvgIpc) is 2.68. The summed E-state index contributed by atoms with van der Waals surface area (Å²) < 4.78 is 27.0. The lowest BCUT2D eigenvalue weighted by molar-refractivity contribution is 0.0698. The molecule has 7 heteroatoms. The largest absolute Gasteiger partial charge is 0.336 e. The van der Waals surface area contributed by atoms with Crippen LogP contribution in [0.2, 0.25) is 5.02 Å². The molecule has 0 N–H and O–H groups in total. The van der Waals surface area contributed by atoms with Gasteiger partial charge in [0.1, 0.15) is 0 Å². The molecule has 0 saturated carbocycles. The van der Waals surface area contributed by atoms with E-state index in [0.717, 1.165) is 12.0 Å². The van der Waals surface area contributed by atoms with Gasteiger partial charge < -0.3 is 4.90 Å². The second-order valence-electron chi connectivity index (χ2n) is 6.20. The van der Waals surface area contributed by atoms with Crippen molar-refractivity contribution in [2.75, 3.05) is 26.2 Å². The first-order valence-corrected chi connectivity index (χ1v) is 10.4. The first-order valence-electron chi connectivity index (χ1n) is 8.56. The number of hydrogen-bond acceptors (Lipinski definition) is 3. The molecule has 0 radical (unpaired) electrons. The van der Waals surface area contributed by atoms with E-state index in [-0.39, 0.29) is 19.0 Å². The minimum Gasteiger partial charge on any atom is -0.336 e. The Morgan fingerprint density at radius 1 is 0.962 bits per heavy atom. The molecule has 1 aliphatic rings. The third-order valence-corrected chi connectivity index (χ3v) is 6.75. The number of hydrogen-bond donors (Lipinski definition) is 0. The van der Waals surface area contributed by atoms with Crippen LogP contribution in [0.25, 0.3) is 0 Å². The summed E-state index contributed by atoms with van der Waals surface area (Å²) >= 11 is 5.85. The van der Waals surface area contributed by atoms with Gasteiger partial charge in [-0.1, -0.05) is 30.7 Å². The molecule has 1 heterocycles. The number of halogens is 1. The highest BCUT2D eigenvalue weighted by Crippen LogP contribution is 2.20. The van der Waals surface area contributed by atoms with Gasteiger partial charge in [0.2, 0.25) is 10.0 Å². The Hall–Kier alpha value is -1.89. The molecule has 0 aliphatic carbocycles. The number of carbonyl (C=O) groups excluding carboxylic acids is 1. The van der Waals surface area contributed by atoms with Crippen LogP contribution < -0.4 is 0 Å². The van der Waals surface area contributed by atoms with E-state index in [4.69, 9.17) is 11.6 Å². The second-order valence-corrected chi connectivity index (χ2v) is 8.58. The molecule has 2 aromatic rings. The van der Waals surface area contributed by atoms with Crippen LogP contribution in [0.4, 0.5) is 0 Å². The molecular formula is C19H21ClN2O3S. The highest BCUT2D eigenvalue weighted by atomic mass is 35.5. The summed E-state index contributed by atoms with van der Waals surface area (Å²) in [4.78, 5) is 14.5. The van der Waals surface area contributed by atoms with E-state index in [1.807, 2.05) is 19.1 Å². The molecule has 3 rings (SSSR count). The minimum atomic E-state index is -3.53. The van der Waals surface area contributed by atoms with Crippen molar-refractivity contribution < 1.29 is 13.2 Å². The highest BCUT2D eigenvalue weighted by Gasteiger charge is 2.30. The minimum absolute atomic E-state index is 0.106. The summed E-state index contributed by atoms with van der Waals surface area (Å²) in [5.74, 6) is -0.106. The maximum Gasteiger partial charge on any atom is 0.253 e. The molecule has 0 unspecified atom stereocenters. The molecule has 5 nitrogen and oxygen atoms in total. The van der Waals surface area contributed by atoms with Crippen LogP contribution in [-0.4, -0.2) is 49.7 Å². The Morgan fingerprint density at radius 2 is 1.54 bits per heavy atom. The second kappa shape index (κ2) is 7.78. The van der Waals surface area contributed by atoms with Gasteiger partial charge in [-0.25, -0.2) is 8.42 Å². The van der Waals surface area contributed by atoms with E-state index in [2.05, 4.69) is 0 Å². The topological polar surface area (TPSA) is 57.7 Å². The van der Waals surface area contributed by atoms with Gasteiger partial charge >= 0.3 is 0 Å². The van der Waals surface area contributed by atoms with Crippen molar-refractivity contribution in [3.8, 4) is 0 Å². The van der Waals surface area contributed by atoms with Crippen molar-refractivity contribution in [1.29, 1.82) is 0 Å². The molecule has 1 saturated heterocycles. The predicted octanol–water partition coefficient (Wildman–Crippen LogP) is 3.05. The van der Waals surface area contributed by atoms with Gasteiger partial charge in [0.15, 0.2) is 0 Å². The van der Waals surface area contributed by atoms with E-state index in [0.29, 0.717) is 28.6 Å². The van der Waals surface area contributed by atoms with Crippen LogP contribution in [0.5, 0.6) is 0 Å². The predicted molar refractivity (Wildman–Crippen MR) is 102 cm³/mol. The van der Waals surface area contributed by atoms with E-state index >= 15 is 0 Å². The third-order valence-electron chi connectivity index (χ3n) is 4.59. The fourth-order valence-electron chi connectivity index (χ4n) is 2.95. The van der Waals surface area contributed by atoms with E-state index in [9.17, 15) is 13.2 Å². The third kappa shape index (κ3) is 3.92. The van der Waals surface area contributed by atoms with Gasteiger partial charge in [-0.3, -0.25) is 4.79 Å². The summed E-state index contributed by atoms with van der Waals surface area (Å²) in [5.41, 5.74) is 1.66. The standard InChI is InChI=1S/C19H21ClN2O3S/c1-2-15-3-9-18(10-4-15)26(24,25)22-13-11-21(12-14-22)19(23)16-5-7-17(20)8-6-16/h3-10H,2,11-14H2,1H3. The van der Waals surface area contributed by atoms with E-state index < -0.39 is 10.0 Å². The molecule has 138 valence electrons. The molecule has 0 atom stereocenters. The zero-order valence-electron chi connectivity index (χ0n) is 14.6. The van der Waals surface area contributed by atoms with Gasteiger partial charge in [-0.15, -0.1) is 0 Å². The number of amides is 1. The number of piperazine rings is 1. The van der Waals surface area contributed by atoms with E-state index in [1.165, 1.54) is 4.31 Å². The Balaban J connectivity index is 1.67. The number of aryl methyl sites for hydroxylation is 1. The van der Waals surface area contributed by atoms with Gasteiger partial charge in [-0.05, 0) is 48.4 Å². The summed E-state index contributed by atoms with van der Waals surface area (Å²) in [6, 6.07) is 13.7. The molecule has 0 aromatic heterocycles. The number of rotatable bonds is 4. The van der Waals surface area contributed by atoms with Gasteiger partial charge in [-0.2, -0.15) is 4.31 Å². The van der Waals surface area contributed by atoms with Crippen molar-refractivity contribution in [2.45, 2.75) is 18.2 Å². The average molecular weight is 393 g/mol. The zero-order valence-corrected chi connectivity index (χ0v) is 16.1. The lowest BCUT2D eigenvalue weighted by atomic mass is 10.2. The Labute approximate surface area is 159 Å².